The largest absolute Gasteiger partial charge is 1.00 e. The summed E-state index contributed by atoms with van der Waals surface area (Å²) >= 11 is 9.49. The van der Waals surface area contributed by atoms with E-state index in [1.165, 1.54) is 6.20 Å². The van der Waals surface area contributed by atoms with Gasteiger partial charge in [0.05, 0.1) is 21.9 Å². The molecule has 1 aromatic heterocycles. The van der Waals surface area contributed by atoms with Crippen LogP contribution in [0.2, 0.25) is 5.02 Å². The predicted octanol–water partition coefficient (Wildman–Crippen LogP) is -3.48. The molecule has 4 N–H and O–H groups in total. The first-order chi connectivity index (χ1) is 11.3. The van der Waals surface area contributed by atoms with Gasteiger partial charge in [0.1, 0.15) is 30.2 Å². The summed E-state index contributed by atoms with van der Waals surface area (Å²) in [5, 5.41) is 41.2. The van der Waals surface area contributed by atoms with Crippen LogP contribution in [0, 0.1) is 0 Å². The molecule has 130 valence electrons. The van der Waals surface area contributed by atoms with Gasteiger partial charge in [0.25, 0.3) is 0 Å². The maximum atomic E-state index is 11.0. The van der Waals surface area contributed by atoms with Crippen LogP contribution < -0.4 is 39.4 Å². The molecule has 0 amide bonds. The normalized spacial score (nSPS) is 29.2. The average molecular weight is 445 g/mol. The molecule has 1 aliphatic rings. The third kappa shape index (κ3) is 3.85. The van der Waals surface area contributed by atoms with Gasteiger partial charge in [-0.1, -0.05) is 11.6 Å². The van der Waals surface area contributed by atoms with E-state index in [1.807, 2.05) is 0 Å². The summed E-state index contributed by atoms with van der Waals surface area (Å²) in [7, 11) is 0. The van der Waals surface area contributed by atoms with E-state index in [0.717, 1.165) is 0 Å². The first kappa shape index (κ1) is 20.9. The number of benzene rings is 1. The number of fused-ring (bicyclic) bond motifs is 1. The minimum atomic E-state index is -1.85. The second-order valence-corrected chi connectivity index (χ2v) is 6.50. The van der Waals surface area contributed by atoms with Crippen LogP contribution >= 0.6 is 27.5 Å². The Balaban J connectivity index is 0.00000225. The third-order valence-electron chi connectivity index (χ3n) is 3.75. The van der Waals surface area contributed by atoms with Gasteiger partial charge in [-0.25, -0.2) is 0 Å². The second-order valence-electron chi connectivity index (χ2n) is 5.27. The molecule has 25 heavy (non-hydrogen) atoms. The van der Waals surface area contributed by atoms with Crippen molar-refractivity contribution in [3.05, 3.63) is 27.8 Å². The van der Waals surface area contributed by atoms with Gasteiger partial charge in [0.15, 0.2) is 0 Å². The SMILES string of the molecule is O=C([O-])[C@H]1OC(Oc2c[nH]c3ccc(Br)c(Cl)c23)[C@H](O)[C@@H](O)[C@@H]1O.[Na+]. The van der Waals surface area contributed by atoms with E-state index in [-0.39, 0.29) is 35.3 Å². The Kier molecular flexibility index (Phi) is 6.80. The molecule has 8 nitrogen and oxygen atoms in total. The minimum Gasteiger partial charge on any atom is -0.547 e. The van der Waals surface area contributed by atoms with Crippen molar-refractivity contribution >= 4 is 44.4 Å². The van der Waals surface area contributed by atoms with E-state index in [1.54, 1.807) is 12.1 Å². The van der Waals surface area contributed by atoms with Crippen molar-refractivity contribution in [1.29, 1.82) is 0 Å². The number of rotatable bonds is 3. The van der Waals surface area contributed by atoms with Crippen LogP contribution in [0.15, 0.2) is 22.8 Å². The third-order valence-corrected chi connectivity index (χ3v) is 5.03. The number of H-pyrrole nitrogens is 1. The van der Waals surface area contributed by atoms with Gasteiger partial charge in [-0.2, -0.15) is 0 Å². The predicted molar refractivity (Wildman–Crippen MR) is 83.3 cm³/mol. The number of aliphatic hydroxyl groups excluding tert-OH is 3. The Hall–Kier alpha value is -0.360. The topological polar surface area (TPSA) is 135 Å². The maximum Gasteiger partial charge on any atom is 1.00 e. The number of nitrogens with one attached hydrogen (secondary N) is 1. The van der Waals surface area contributed by atoms with Gasteiger partial charge < -0.3 is 39.7 Å². The minimum absolute atomic E-state index is 0. The van der Waals surface area contributed by atoms with E-state index in [4.69, 9.17) is 21.1 Å². The number of aromatic nitrogens is 1. The summed E-state index contributed by atoms with van der Waals surface area (Å²) in [6.07, 6.45) is -7.23. The second kappa shape index (κ2) is 8.12. The molecular formula is C14H12BrClNNaO7. The van der Waals surface area contributed by atoms with E-state index in [9.17, 15) is 25.2 Å². The van der Waals surface area contributed by atoms with Crippen LogP contribution in [0.4, 0.5) is 0 Å². The van der Waals surface area contributed by atoms with Crippen LogP contribution in [-0.2, 0) is 9.53 Å². The molecule has 2 heterocycles. The molecular weight excluding hydrogens is 433 g/mol. The Labute approximate surface area is 177 Å². The van der Waals surface area contributed by atoms with Gasteiger partial charge in [-0.05, 0) is 28.1 Å². The molecule has 0 aliphatic carbocycles. The van der Waals surface area contributed by atoms with Crippen molar-refractivity contribution in [1.82, 2.24) is 4.98 Å². The number of carbonyl (C=O) groups excluding carboxylic acids is 1. The Morgan fingerprint density at radius 3 is 2.60 bits per heavy atom. The van der Waals surface area contributed by atoms with Gasteiger partial charge >= 0.3 is 29.6 Å². The number of halogens is 2. The zero-order chi connectivity index (χ0) is 17.6. The van der Waals surface area contributed by atoms with Crippen LogP contribution in [-0.4, -0.2) is 57.0 Å². The molecule has 5 atom stereocenters. The van der Waals surface area contributed by atoms with E-state index < -0.39 is 36.7 Å². The number of carboxylic acids is 1. The van der Waals surface area contributed by atoms with Gasteiger partial charge in [-0.15, -0.1) is 0 Å². The van der Waals surface area contributed by atoms with Crippen molar-refractivity contribution < 1.29 is 64.3 Å². The van der Waals surface area contributed by atoms with Crippen LogP contribution in [0.25, 0.3) is 10.9 Å². The van der Waals surface area contributed by atoms with E-state index in [0.29, 0.717) is 20.4 Å². The van der Waals surface area contributed by atoms with E-state index >= 15 is 0 Å². The number of hydrogen-bond donors (Lipinski definition) is 4. The fourth-order valence-corrected chi connectivity index (χ4v) is 3.07. The summed E-state index contributed by atoms with van der Waals surface area (Å²) in [6.45, 7) is 0. The smallest absolute Gasteiger partial charge is 0.547 e. The first-order valence-electron chi connectivity index (χ1n) is 6.83. The number of aliphatic carboxylic acids is 1. The molecule has 3 rings (SSSR count). The monoisotopic (exact) mass is 443 g/mol. The molecule has 11 heteroatoms. The molecule has 1 unspecified atom stereocenters. The zero-order valence-corrected chi connectivity index (χ0v) is 17.2. The zero-order valence-electron chi connectivity index (χ0n) is 12.8. The summed E-state index contributed by atoms with van der Waals surface area (Å²) in [5.41, 5.74) is 0.639. The number of hydrogen-bond acceptors (Lipinski definition) is 7. The summed E-state index contributed by atoms with van der Waals surface area (Å²) in [6, 6.07) is 3.46. The van der Waals surface area contributed by atoms with Crippen LogP contribution in [0.5, 0.6) is 5.75 Å². The Morgan fingerprint density at radius 1 is 1.28 bits per heavy atom. The molecule has 1 saturated heterocycles. The van der Waals surface area contributed by atoms with Crippen LogP contribution in [0.1, 0.15) is 0 Å². The average Bonchev–Trinajstić information content (AvgIpc) is 2.94. The Bertz CT molecular complexity index is 788. The van der Waals surface area contributed by atoms with Crippen molar-refractivity contribution in [2.75, 3.05) is 0 Å². The number of carboxylic acid groups (broad SMARTS) is 1. The maximum absolute atomic E-state index is 11.0. The molecule has 0 spiro atoms. The first-order valence-corrected chi connectivity index (χ1v) is 8.00. The number of carbonyl (C=O) groups is 1. The molecule has 1 fully saturated rings. The van der Waals surface area contributed by atoms with Crippen molar-refractivity contribution in [2.24, 2.45) is 0 Å². The van der Waals surface area contributed by atoms with Gasteiger partial charge in [-0.3, -0.25) is 0 Å². The van der Waals surface area contributed by atoms with Gasteiger partial charge in [0.2, 0.25) is 6.29 Å². The summed E-state index contributed by atoms with van der Waals surface area (Å²) in [5.74, 6) is -1.55. The quantitative estimate of drug-likeness (QED) is 0.361. The summed E-state index contributed by atoms with van der Waals surface area (Å²) < 4.78 is 11.1. The molecule has 2 aromatic rings. The van der Waals surface area contributed by atoms with Crippen molar-refractivity contribution in [2.45, 2.75) is 30.7 Å². The summed E-state index contributed by atoms with van der Waals surface area (Å²) in [4.78, 5) is 13.9. The van der Waals surface area contributed by atoms with Crippen LogP contribution in [0.3, 0.4) is 0 Å². The fourth-order valence-electron chi connectivity index (χ4n) is 2.49. The molecule has 1 aliphatic heterocycles. The Morgan fingerprint density at radius 2 is 1.96 bits per heavy atom. The fraction of sp³-hybridized carbons (Fsp3) is 0.357. The number of aliphatic hydroxyl groups is 3. The standard InChI is InChI=1S/C14H13BrClNO7.Na/c15-4-1-2-5-7(8(4)16)6(3-17-5)23-14-11(20)9(18)10(19)12(24-14)13(21)22;/h1-3,9-12,14,17-20H,(H,21,22);/q;+1/p-1/t9-,10-,11+,12-,14?;/m0./s1. The number of aromatic amines is 1. The molecule has 1 aromatic carbocycles. The van der Waals surface area contributed by atoms with Crippen molar-refractivity contribution in [3.63, 3.8) is 0 Å². The molecule has 0 saturated carbocycles. The number of ether oxygens (including phenoxy) is 2. The van der Waals surface area contributed by atoms with Crippen molar-refractivity contribution in [3.8, 4) is 5.75 Å². The van der Waals surface area contributed by atoms with E-state index in [2.05, 4.69) is 20.9 Å². The molecule has 0 radical (unpaired) electrons. The van der Waals surface area contributed by atoms with Gasteiger partial charge in [0, 0.05) is 10.7 Å². The molecule has 0 bridgehead atoms.